The molecule has 0 amide bonds. The Hall–Kier alpha value is -1.36. The third-order valence-corrected chi connectivity index (χ3v) is 8.05. The lowest BCUT2D eigenvalue weighted by Crippen LogP contribution is -2.45. The van der Waals surface area contributed by atoms with Gasteiger partial charge in [0.1, 0.15) is 0 Å². The van der Waals surface area contributed by atoms with E-state index in [2.05, 4.69) is 31.8 Å². The summed E-state index contributed by atoms with van der Waals surface area (Å²) < 4.78 is 10.7. The molecular weight excluding hydrogens is 332 g/mol. The molecule has 0 aromatic carbocycles. The molecule has 1 fully saturated rings. The van der Waals surface area contributed by atoms with Crippen LogP contribution < -0.4 is 0 Å². The molecular formula is C20H32O4Si. The summed E-state index contributed by atoms with van der Waals surface area (Å²) in [4.78, 5) is 25.8. The van der Waals surface area contributed by atoms with Crippen molar-refractivity contribution in [2.75, 3.05) is 13.2 Å². The highest BCUT2D eigenvalue weighted by molar-refractivity contribution is 6.83. The Bertz CT molecular complexity index is 579. The van der Waals surface area contributed by atoms with Gasteiger partial charge in [-0.3, -0.25) is 9.59 Å². The van der Waals surface area contributed by atoms with Crippen LogP contribution in [0.4, 0.5) is 0 Å². The molecule has 0 saturated heterocycles. The molecule has 0 aromatic rings. The third kappa shape index (κ3) is 3.48. The average molecular weight is 365 g/mol. The van der Waals surface area contributed by atoms with Crippen molar-refractivity contribution in [3.05, 3.63) is 22.9 Å². The number of hydrogen-bond acceptors (Lipinski definition) is 4. The Balaban J connectivity index is 2.60. The van der Waals surface area contributed by atoms with E-state index in [1.807, 2.05) is 6.92 Å². The van der Waals surface area contributed by atoms with Crippen molar-refractivity contribution in [2.45, 2.75) is 59.7 Å². The lowest BCUT2D eigenvalue weighted by molar-refractivity contribution is -0.175. The molecule has 0 radical (unpaired) electrons. The maximum absolute atomic E-state index is 12.9. The van der Waals surface area contributed by atoms with E-state index in [-0.39, 0.29) is 25.0 Å². The number of ether oxygens (including phenoxy) is 2. The van der Waals surface area contributed by atoms with Gasteiger partial charge in [-0.1, -0.05) is 49.5 Å². The summed E-state index contributed by atoms with van der Waals surface area (Å²) in [7, 11) is -1.54. The summed E-state index contributed by atoms with van der Waals surface area (Å²) >= 11 is 0. The first-order valence-electron chi connectivity index (χ1n) is 9.43. The predicted molar refractivity (Wildman–Crippen MR) is 102 cm³/mol. The summed E-state index contributed by atoms with van der Waals surface area (Å²) in [5, 5.41) is 1.50. The second kappa shape index (κ2) is 7.48. The Labute approximate surface area is 152 Å². The van der Waals surface area contributed by atoms with Crippen molar-refractivity contribution in [1.82, 2.24) is 0 Å². The minimum atomic E-state index is -1.54. The molecule has 0 bridgehead atoms. The van der Waals surface area contributed by atoms with Gasteiger partial charge in [-0.25, -0.2) is 0 Å². The third-order valence-electron chi connectivity index (χ3n) is 5.66. The maximum atomic E-state index is 12.9. The van der Waals surface area contributed by atoms with Crippen LogP contribution in [0.3, 0.4) is 0 Å². The molecule has 0 N–H and O–H groups in total. The van der Waals surface area contributed by atoms with Crippen LogP contribution in [0.5, 0.6) is 0 Å². The molecule has 140 valence electrons. The maximum Gasteiger partial charge on any atom is 0.324 e. The summed E-state index contributed by atoms with van der Waals surface area (Å²) in [6, 6.07) is 0. The molecule has 25 heavy (non-hydrogen) atoms. The minimum Gasteiger partial charge on any atom is -0.465 e. The number of hydrogen-bond donors (Lipinski definition) is 0. The van der Waals surface area contributed by atoms with Crippen molar-refractivity contribution in [3.8, 4) is 0 Å². The fourth-order valence-corrected chi connectivity index (χ4v) is 6.50. The zero-order chi connectivity index (χ0) is 18.8. The minimum absolute atomic E-state index is 0.123. The number of carbonyl (C=O) groups excluding carboxylic acids is 2. The molecule has 1 saturated carbocycles. The molecule has 4 nitrogen and oxygen atoms in total. The topological polar surface area (TPSA) is 52.6 Å². The SMILES string of the molecule is CCOC(=O)C1(C(=O)OCC)CC2=C([Si](C)(C)C)CCC=C[C@@H]2[C@@H]1C. The molecule has 0 heterocycles. The molecule has 0 unspecified atom stereocenters. The van der Waals surface area contributed by atoms with Crippen LogP contribution >= 0.6 is 0 Å². The lowest BCUT2D eigenvalue weighted by Gasteiger charge is -2.29. The van der Waals surface area contributed by atoms with Crippen molar-refractivity contribution < 1.29 is 19.1 Å². The van der Waals surface area contributed by atoms with E-state index in [1.165, 1.54) is 10.8 Å². The van der Waals surface area contributed by atoms with Crippen LogP contribution in [0.25, 0.3) is 0 Å². The number of rotatable bonds is 5. The van der Waals surface area contributed by atoms with Crippen LogP contribution in [-0.4, -0.2) is 33.2 Å². The van der Waals surface area contributed by atoms with Gasteiger partial charge in [0.05, 0.1) is 21.3 Å². The lowest BCUT2D eigenvalue weighted by atomic mass is 9.76. The summed E-state index contributed by atoms with van der Waals surface area (Å²) in [6.07, 6.45) is 6.93. The monoisotopic (exact) mass is 364 g/mol. The second-order valence-electron chi connectivity index (χ2n) is 8.12. The highest BCUT2D eigenvalue weighted by Crippen LogP contribution is 2.55. The Morgan fingerprint density at radius 1 is 1.16 bits per heavy atom. The highest BCUT2D eigenvalue weighted by Gasteiger charge is 2.61. The molecule has 2 aliphatic carbocycles. The van der Waals surface area contributed by atoms with Gasteiger partial charge in [-0.05, 0) is 39.0 Å². The van der Waals surface area contributed by atoms with Crippen LogP contribution in [0.15, 0.2) is 22.9 Å². The zero-order valence-corrected chi connectivity index (χ0v) is 17.5. The number of fused-ring (bicyclic) bond motifs is 1. The smallest absolute Gasteiger partial charge is 0.324 e. The van der Waals surface area contributed by atoms with E-state index in [1.54, 1.807) is 13.8 Å². The second-order valence-corrected chi connectivity index (χ2v) is 13.2. The number of esters is 2. The summed E-state index contributed by atoms with van der Waals surface area (Å²) in [5.74, 6) is -0.881. The quantitative estimate of drug-likeness (QED) is 0.316. The Morgan fingerprint density at radius 3 is 2.20 bits per heavy atom. The van der Waals surface area contributed by atoms with E-state index in [4.69, 9.17) is 9.47 Å². The molecule has 2 atom stereocenters. The van der Waals surface area contributed by atoms with Crippen molar-refractivity contribution in [2.24, 2.45) is 17.3 Å². The van der Waals surface area contributed by atoms with E-state index < -0.39 is 25.4 Å². The van der Waals surface area contributed by atoms with Gasteiger partial charge in [-0.2, -0.15) is 0 Å². The van der Waals surface area contributed by atoms with Gasteiger partial charge in [0.25, 0.3) is 0 Å². The van der Waals surface area contributed by atoms with E-state index in [9.17, 15) is 9.59 Å². The van der Waals surface area contributed by atoms with Crippen LogP contribution in [0.2, 0.25) is 19.6 Å². The van der Waals surface area contributed by atoms with E-state index in [0.717, 1.165) is 12.8 Å². The molecule has 0 spiro atoms. The predicted octanol–water partition coefficient (Wildman–Crippen LogP) is 4.28. The molecule has 0 aromatic heterocycles. The largest absolute Gasteiger partial charge is 0.465 e. The van der Waals surface area contributed by atoms with Crippen LogP contribution in [0, 0.1) is 17.3 Å². The van der Waals surface area contributed by atoms with Gasteiger partial charge in [0, 0.05) is 5.92 Å². The van der Waals surface area contributed by atoms with Gasteiger partial charge in [-0.15, -0.1) is 0 Å². The van der Waals surface area contributed by atoms with Gasteiger partial charge in [0.15, 0.2) is 5.41 Å². The van der Waals surface area contributed by atoms with Gasteiger partial charge >= 0.3 is 11.9 Å². The first-order chi connectivity index (χ1) is 11.7. The summed E-state index contributed by atoms with van der Waals surface area (Å²) in [6.45, 7) is 13.1. The molecule has 2 rings (SSSR count). The van der Waals surface area contributed by atoms with Crippen molar-refractivity contribution in [1.29, 1.82) is 0 Å². The Kier molecular flexibility index (Phi) is 5.97. The number of allylic oxidation sites excluding steroid dienone is 4. The Morgan fingerprint density at radius 2 is 1.72 bits per heavy atom. The fourth-order valence-electron chi connectivity index (χ4n) is 4.39. The average Bonchev–Trinajstić information content (AvgIpc) is 2.69. The molecule has 5 heteroatoms. The molecule has 0 aliphatic heterocycles. The van der Waals surface area contributed by atoms with Crippen LogP contribution in [-0.2, 0) is 19.1 Å². The van der Waals surface area contributed by atoms with Gasteiger partial charge < -0.3 is 9.47 Å². The van der Waals surface area contributed by atoms with E-state index in [0.29, 0.717) is 6.42 Å². The first kappa shape index (κ1) is 20.0. The normalized spacial score (nSPS) is 25.4. The van der Waals surface area contributed by atoms with Crippen molar-refractivity contribution in [3.63, 3.8) is 0 Å². The number of carbonyl (C=O) groups is 2. The fraction of sp³-hybridized carbons (Fsp3) is 0.700. The standard InChI is InChI=1S/C20H32O4Si/c1-7-23-18(21)20(19(22)24-8-2)13-16-15(14(20)3)11-9-10-12-17(16)25(4,5)6/h9,11,14-15H,7-8,10,12-13H2,1-6H3/t14-,15+/m0/s1. The first-order valence-corrected chi connectivity index (χ1v) is 12.9. The highest BCUT2D eigenvalue weighted by atomic mass is 28.3. The molecule has 2 aliphatic rings. The van der Waals surface area contributed by atoms with E-state index >= 15 is 0 Å². The van der Waals surface area contributed by atoms with Gasteiger partial charge in [0.2, 0.25) is 0 Å². The zero-order valence-electron chi connectivity index (χ0n) is 16.5. The van der Waals surface area contributed by atoms with Crippen LogP contribution in [0.1, 0.15) is 40.0 Å². The summed E-state index contributed by atoms with van der Waals surface area (Å²) in [5.41, 5.74) is 0.0834. The van der Waals surface area contributed by atoms with Crippen molar-refractivity contribution >= 4 is 20.0 Å².